The zero-order valence-electron chi connectivity index (χ0n) is 18.6. The highest BCUT2D eigenvalue weighted by molar-refractivity contribution is 6.42. The van der Waals surface area contributed by atoms with Crippen LogP contribution >= 0.6 is 23.2 Å². The smallest absolute Gasteiger partial charge is 0.314 e. The summed E-state index contributed by atoms with van der Waals surface area (Å²) in [6.45, 7) is 2.04. The second-order valence-corrected chi connectivity index (χ2v) is 9.46. The monoisotopic (exact) mass is 494 g/mol. The molecule has 6 nitrogen and oxygen atoms in total. The molecule has 0 saturated carbocycles. The minimum absolute atomic E-state index is 0.0167. The molecule has 1 aliphatic carbocycles. The molecule has 8 heteroatoms. The quantitative estimate of drug-likeness (QED) is 0.527. The van der Waals surface area contributed by atoms with Crippen LogP contribution in [0, 0.1) is 0 Å². The van der Waals surface area contributed by atoms with Crippen molar-refractivity contribution in [3.63, 3.8) is 0 Å². The average molecular weight is 495 g/mol. The zero-order valence-corrected chi connectivity index (χ0v) is 20.1. The fourth-order valence-corrected chi connectivity index (χ4v) is 5.13. The topological polar surface area (TPSA) is 79.5 Å². The number of urea groups is 1. The zero-order chi connectivity index (χ0) is 23.8. The summed E-state index contributed by atoms with van der Waals surface area (Å²) in [6.07, 6.45) is 4.29. The van der Waals surface area contributed by atoms with E-state index in [1.807, 2.05) is 41.3 Å². The largest absolute Gasteiger partial charge is 0.351 e. The number of carbonyl (C=O) groups excluding carboxylic acids is 2. The second kappa shape index (κ2) is 9.28. The molecule has 1 aromatic heterocycles. The van der Waals surface area contributed by atoms with Gasteiger partial charge in [-0.3, -0.25) is 4.79 Å². The number of fused-ring (bicyclic) bond motifs is 2. The Kier molecular flexibility index (Phi) is 6.19. The highest BCUT2D eigenvalue weighted by atomic mass is 35.5. The van der Waals surface area contributed by atoms with E-state index < -0.39 is 6.03 Å². The van der Waals surface area contributed by atoms with E-state index in [1.165, 1.54) is 0 Å². The van der Waals surface area contributed by atoms with Crippen LogP contribution in [0.1, 0.15) is 40.0 Å². The molecule has 3 amide bonds. The van der Waals surface area contributed by atoms with Crippen molar-refractivity contribution in [3.8, 4) is 0 Å². The number of nitrogens with zero attached hydrogens (tertiary/aromatic N) is 3. The Morgan fingerprint density at radius 3 is 2.50 bits per heavy atom. The van der Waals surface area contributed by atoms with Crippen LogP contribution in [0.4, 0.5) is 4.79 Å². The summed E-state index contributed by atoms with van der Waals surface area (Å²) in [5, 5.41) is 1.88. The van der Waals surface area contributed by atoms with Gasteiger partial charge in [0.15, 0.2) is 0 Å². The van der Waals surface area contributed by atoms with Crippen molar-refractivity contribution in [2.24, 2.45) is 5.73 Å². The van der Waals surface area contributed by atoms with E-state index in [2.05, 4.69) is 6.08 Å². The molecule has 174 valence electrons. The lowest BCUT2D eigenvalue weighted by molar-refractivity contribution is 0.0763. The Hall–Kier alpha value is -3.09. The number of nitrogens with two attached hydrogens (primary N) is 1. The number of allylic oxidation sites excluding steroid dienone is 1. The van der Waals surface area contributed by atoms with E-state index in [1.54, 1.807) is 11.0 Å². The summed E-state index contributed by atoms with van der Waals surface area (Å²) < 4.78 is 0. The van der Waals surface area contributed by atoms with E-state index in [9.17, 15) is 9.59 Å². The van der Waals surface area contributed by atoms with Gasteiger partial charge < -0.3 is 15.5 Å². The number of hydrogen-bond donors (Lipinski definition) is 1. The van der Waals surface area contributed by atoms with Gasteiger partial charge in [-0.25, -0.2) is 9.78 Å². The number of primary amides is 1. The van der Waals surface area contributed by atoms with Crippen molar-refractivity contribution in [2.45, 2.75) is 19.3 Å². The van der Waals surface area contributed by atoms with E-state index in [0.717, 1.165) is 46.1 Å². The lowest BCUT2D eigenvalue weighted by Crippen LogP contribution is -2.40. The summed E-state index contributed by atoms with van der Waals surface area (Å²) in [4.78, 5) is 33.9. The van der Waals surface area contributed by atoms with Gasteiger partial charge in [-0.15, -0.1) is 0 Å². The van der Waals surface area contributed by atoms with Crippen LogP contribution < -0.4 is 5.73 Å². The molecule has 3 aromatic rings. The number of benzene rings is 2. The third-order valence-electron chi connectivity index (χ3n) is 6.53. The minimum Gasteiger partial charge on any atom is -0.351 e. The summed E-state index contributed by atoms with van der Waals surface area (Å²) in [6, 6.07) is 12.9. The SMILES string of the molecule is NC(=O)N1CCCN(C(=O)c2c3c(nc4ccccc24)C(=Cc2ccc(Cl)c(Cl)c2)CC3)CC1. The number of pyridine rings is 1. The Labute approximate surface area is 207 Å². The molecular weight excluding hydrogens is 471 g/mol. The standard InChI is InChI=1S/C26H24Cl2N4O2/c27-20-9-6-16(15-21(20)28)14-17-7-8-19-23(18-4-1-2-5-22(18)30-24(17)19)25(33)31-10-3-11-32(13-12-31)26(29)34/h1-2,4-6,9,14-15H,3,7-8,10-13H2,(H2,29,34). The molecule has 1 aliphatic heterocycles. The van der Waals surface area contributed by atoms with Gasteiger partial charge in [0.2, 0.25) is 0 Å². The molecule has 2 aliphatic rings. The maximum atomic E-state index is 13.9. The van der Waals surface area contributed by atoms with Gasteiger partial charge >= 0.3 is 6.03 Å². The van der Waals surface area contributed by atoms with Crippen LogP contribution in [0.3, 0.4) is 0 Å². The first-order chi connectivity index (χ1) is 16.4. The van der Waals surface area contributed by atoms with Crippen molar-refractivity contribution < 1.29 is 9.59 Å². The highest BCUT2D eigenvalue weighted by Crippen LogP contribution is 2.38. The summed E-state index contributed by atoms with van der Waals surface area (Å²) >= 11 is 12.3. The molecule has 1 saturated heterocycles. The van der Waals surface area contributed by atoms with Crippen LogP contribution in [-0.4, -0.2) is 52.9 Å². The molecule has 2 aromatic carbocycles. The van der Waals surface area contributed by atoms with Crippen LogP contribution in [0.15, 0.2) is 42.5 Å². The van der Waals surface area contributed by atoms with E-state index in [-0.39, 0.29) is 5.91 Å². The van der Waals surface area contributed by atoms with Gasteiger partial charge in [0.25, 0.3) is 5.91 Å². The molecule has 0 atom stereocenters. The first-order valence-corrected chi connectivity index (χ1v) is 12.1. The van der Waals surface area contributed by atoms with E-state index in [4.69, 9.17) is 33.9 Å². The normalized spacial score (nSPS) is 17.2. The van der Waals surface area contributed by atoms with E-state index >= 15 is 0 Å². The minimum atomic E-state index is -0.443. The van der Waals surface area contributed by atoms with Crippen molar-refractivity contribution in [1.29, 1.82) is 0 Å². The van der Waals surface area contributed by atoms with Crippen molar-refractivity contribution in [3.05, 3.63) is 74.9 Å². The fourth-order valence-electron chi connectivity index (χ4n) is 4.83. The lowest BCUT2D eigenvalue weighted by Gasteiger charge is -2.23. The molecule has 0 radical (unpaired) electrons. The summed E-state index contributed by atoms with van der Waals surface area (Å²) in [5.74, 6) is -0.0167. The van der Waals surface area contributed by atoms with Crippen LogP contribution in [0.2, 0.25) is 10.0 Å². The first kappa shape index (κ1) is 22.7. The van der Waals surface area contributed by atoms with Crippen molar-refractivity contribution in [1.82, 2.24) is 14.8 Å². The predicted octanol–water partition coefficient (Wildman–Crippen LogP) is 5.26. The first-order valence-electron chi connectivity index (χ1n) is 11.3. The fraction of sp³-hybridized carbons (Fsp3) is 0.269. The molecule has 0 bridgehead atoms. The molecule has 0 unspecified atom stereocenters. The molecule has 5 rings (SSSR count). The van der Waals surface area contributed by atoms with Crippen LogP contribution in [0.25, 0.3) is 22.6 Å². The number of aromatic nitrogens is 1. The van der Waals surface area contributed by atoms with Crippen LogP contribution in [0.5, 0.6) is 0 Å². The third kappa shape index (κ3) is 4.24. The third-order valence-corrected chi connectivity index (χ3v) is 7.27. The number of rotatable bonds is 2. The van der Waals surface area contributed by atoms with Crippen molar-refractivity contribution >= 4 is 57.7 Å². The maximum absolute atomic E-state index is 13.9. The lowest BCUT2D eigenvalue weighted by atomic mass is 9.99. The predicted molar refractivity (Wildman–Crippen MR) is 136 cm³/mol. The summed E-state index contributed by atoms with van der Waals surface area (Å²) in [7, 11) is 0. The van der Waals surface area contributed by atoms with Gasteiger partial charge in [-0.1, -0.05) is 47.5 Å². The van der Waals surface area contributed by atoms with Crippen molar-refractivity contribution in [2.75, 3.05) is 26.2 Å². The Bertz CT molecular complexity index is 1340. The molecular formula is C26H24Cl2N4O2. The second-order valence-electron chi connectivity index (χ2n) is 8.65. The number of carbonyl (C=O) groups is 2. The van der Waals surface area contributed by atoms with Gasteiger partial charge in [0.1, 0.15) is 0 Å². The number of hydrogen-bond acceptors (Lipinski definition) is 3. The van der Waals surface area contributed by atoms with Crippen LogP contribution in [-0.2, 0) is 6.42 Å². The molecule has 0 spiro atoms. The van der Waals surface area contributed by atoms with Gasteiger partial charge in [-0.05, 0) is 60.2 Å². The van der Waals surface area contributed by atoms with Gasteiger partial charge in [0, 0.05) is 31.6 Å². The summed E-state index contributed by atoms with van der Waals surface area (Å²) in [5.41, 5.74) is 10.8. The number of amides is 3. The highest BCUT2D eigenvalue weighted by Gasteiger charge is 2.30. The Balaban J connectivity index is 1.57. The van der Waals surface area contributed by atoms with Gasteiger partial charge in [0.05, 0.1) is 26.8 Å². The number of para-hydroxylation sites is 1. The maximum Gasteiger partial charge on any atom is 0.314 e. The molecule has 1 fully saturated rings. The molecule has 2 N–H and O–H groups in total. The molecule has 2 heterocycles. The average Bonchev–Trinajstić information content (AvgIpc) is 3.05. The number of halogens is 2. The van der Waals surface area contributed by atoms with E-state index in [0.29, 0.717) is 48.2 Å². The Morgan fingerprint density at radius 1 is 0.941 bits per heavy atom. The molecule has 34 heavy (non-hydrogen) atoms. The van der Waals surface area contributed by atoms with Gasteiger partial charge in [-0.2, -0.15) is 0 Å². The Morgan fingerprint density at radius 2 is 1.71 bits per heavy atom.